The minimum Gasteiger partial charge on any atom is -0.497 e. The second-order valence-corrected chi connectivity index (χ2v) is 7.34. The molecule has 6 heteroatoms. The minimum atomic E-state index is -0.821. The Balaban J connectivity index is 0.000000244. The number of carbonyl (C=O) groups is 1. The highest BCUT2D eigenvalue weighted by atomic mass is 79.9. The van der Waals surface area contributed by atoms with Crippen LogP contribution in [0, 0.1) is 0 Å². The number of methoxy groups -OCH3 is 2. The largest absolute Gasteiger partial charge is 0.497 e. The fourth-order valence-electron chi connectivity index (χ4n) is 2.95. The lowest BCUT2D eigenvalue weighted by Crippen LogP contribution is -2.44. The maximum absolute atomic E-state index is 11.3. The number of piperidine rings is 1. The number of benzene rings is 2. The van der Waals surface area contributed by atoms with Crippen molar-refractivity contribution in [1.82, 2.24) is 4.90 Å². The molecule has 0 unspecified atom stereocenters. The van der Waals surface area contributed by atoms with Crippen LogP contribution in [0.1, 0.15) is 25.3 Å². The topological polar surface area (TPSA) is 59.0 Å². The summed E-state index contributed by atoms with van der Waals surface area (Å²) < 4.78 is 11.1. The summed E-state index contributed by atoms with van der Waals surface area (Å²) in [5.41, 5.74) is 0.0737. The maximum atomic E-state index is 11.3. The van der Waals surface area contributed by atoms with Crippen molar-refractivity contribution < 1.29 is 19.4 Å². The monoisotopic (exact) mass is 435 g/mol. The molecule has 3 rings (SSSR count). The SMILES string of the molecule is COc1ccc(Br)cc1.COc1ccc(C2(O)CCN(C(C)=O)CC2)cc1. The number of rotatable bonds is 3. The van der Waals surface area contributed by atoms with Gasteiger partial charge >= 0.3 is 0 Å². The number of aliphatic hydroxyl groups is 1. The molecule has 2 aromatic carbocycles. The minimum absolute atomic E-state index is 0.0757. The first-order valence-electron chi connectivity index (χ1n) is 8.80. The molecule has 0 radical (unpaired) electrons. The number of amides is 1. The molecule has 0 aromatic heterocycles. The zero-order chi connectivity index (χ0) is 19.9. The first kappa shape index (κ1) is 21.3. The van der Waals surface area contributed by atoms with Crippen molar-refractivity contribution in [1.29, 1.82) is 0 Å². The zero-order valence-electron chi connectivity index (χ0n) is 15.9. The normalized spacial score (nSPS) is 15.4. The summed E-state index contributed by atoms with van der Waals surface area (Å²) in [4.78, 5) is 13.0. The highest BCUT2D eigenvalue weighted by Crippen LogP contribution is 2.33. The standard InChI is InChI=1S/C14H19NO3.C7H7BrO/c1-11(16)15-9-7-14(17,8-10-15)12-3-5-13(18-2)6-4-12;1-9-7-4-2-6(8)3-5-7/h3-6,17H,7-10H2,1-2H3;2-5H,1H3. The van der Waals surface area contributed by atoms with Gasteiger partial charge in [-0.2, -0.15) is 0 Å². The molecule has 0 aliphatic carbocycles. The van der Waals surface area contributed by atoms with E-state index in [9.17, 15) is 9.90 Å². The van der Waals surface area contributed by atoms with Gasteiger partial charge in [-0.1, -0.05) is 28.1 Å². The van der Waals surface area contributed by atoms with Crippen molar-refractivity contribution in [2.24, 2.45) is 0 Å². The van der Waals surface area contributed by atoms with Gasteiger partial charge in [0.15, 0.2) is 0 Å². The first-order chi connectivity index (χ1) is 12.9. The molecule has 1 fully saturated rings. The average Bonchev–Trinajstić information content (AvgIpc) is 2.69. The number of ether oxygens (including phenoxy) is 2. The van der Waals surface area contributed by atoms with Crippen molar-refractivity contribution in [3.8, 4) is 11.5 Å². The summed E-state index contributed by atoms with van der Waals surface area (Å²) in [6, 6.07) is 15.2. The molecule has 1 heterocycles. The lowest BCUT2D eigenvalue weighted by molar-refractivity contribution is -0.133. The Labute approximate surface area is 169 Å². The van der Waals surface area contributed by atoms with Crippen LogP contribution in [0.15, 0.2) is 53.0 Å². The van der Waals surface area contributed by atoms with E-state index >= 15 is 0 Å². The van der Waals surface area contributed by atoms with Gasteiger partial charge in [0.2, 0.25) is 5.91 Å². The molecule has 146 valence electrons. The van der Waals surface area contributed by atoms with Gasteiger partial charge in [-0.05, 0) is 54.8 Å². The van der Waals surface area contributed by atoms with Gasteiger partial charge in [0.05, 0.1) is 19.8 Å². The van der Waals surface area contributed by atoms with Crippen molar-refractivity contribution in [2.75, 3.05) is 27.3 Å². The van der Waals surface area contributed by atoms with Gasteiger partial charge in [-0.15, -0.1) is 0 Å². The Morgan fingerprint density at radius 2 is 1.41 bits per heavy atom. The summed E-state index contributed by atoms with van der Waals surface area (Å²) in [7, 11) is 3.28. The van der Waals surface area contributed by atoms with Gasteiger partial charge in [-0.25, -0.2) is 0 Å². The molecule has 1 saturated heterocycles. The predicted molar refractivity (Wildman–Crippen MR) is 109 cm³/mol. The van der Waals surface area contributed by atoms with Crippen LogP contribution in [-0.4, -0.2) is 43.2 Å². The average molecular weight is 436 g/mol. The number of nitrogens with zero attached hydrogens (tertiary/aromatic N) is 1. The molecule has 0 saturated carbocycles. The van der Waals surface area contributed by atoms with Crippen molar-refractivity contribution in [3.63, 3.8) is 0 Å². The summed E-state index contributed by atoms with van der Waals surface area (Å²) in [5.74, 6) is 1.74. The number of hydrogen-bond donors (Lipinski definition) is 1. The quantitative estimate of drug-likeness (QED) is 0.791. The number of carbonyl (C=O) groups excluding carboxylic acids is 1. The number of hydrogen-bond acceptors (Lipinski definition) is 4. The Morgan fingerprint density at radius 1 is 0.963 bits per heavy atom. The maximum Gasteiger partial charge on any atom is 0.219 e. The third kappa shape index (κ3) is 5.97. The highest BCUT2D eigenvalue weighted by Gasteiger charge is 2.34. The van der Waals surface area contributed by atoms with Crippen LogP contribution in [-0.2, 0) is 10.4 Å². The predicted octanol–water partition coefficient (Wildman–Crippen LogP) is 3.98. The molecule has 1 N–H and O–H groups in total. The Hall–Kier alpha value is -2.05. The third-order valence-electron chi connectivity index (χ3n) is 4.71. The van der Waals surface area contributed by atoms with E-state index in [2.05, 4.69) is 15.9 Å². The fourth-order valence-corrected chi connectivity index (χ4v) is 3.22. The summed E-state index contributed by atoms with van der Waals surface area (Å²) in [5, 5.41) is 10.6. The fraction of sp³-hybridized carbons (Fsp3) is 0.381. The van der Waals surface area contributed by atoms with Gasteiger partial charge in [0, 0.05) is 24.5 Å². The molecule has 0 bridgehead atoms. The van der Waals surface area contributed by atoms with E-state index in [1.807, 2.05) is 48.5 Å². The van der Waals surface area contributed by atoms with Crippen LogP contribution in [0.3, 0.4) is 0 Å². The number of halogens is 1. The first-order valence-corrected chi connectivity index (χ1v) is 9.59. The molecule has 5 nitrogen and oxygen atoms in total. The van der Waals surface area contributed by atoms with E-state index in [4.69, 9.17) is 9.47 Å². The molecular formula is C21H26BrNO4. The lowest BCUT2D eigenvalue weighted by Gasteiger charge is -2.38. The zero-order valence-corrected chi connectivity index (χ0v) is 17.5. The molecule has 1 aliphatic rings. The molecular weight excluding hydrogens is 410 g/mol. The van der Waals surface area contributed by atoms with Crippen molar-refractivity contribution >= 4 is 21.8 Å². The van der Waals surface area contributed by atoms with E-state index in [1.54, 1.807) is 26.0 Å². The molecule has 1 amide bonds. The second kappa shape index (κ2) is 9.76. The van der Waals surface area contributed by atoms with Crippen molar-refractivity contribution in [2.45, 2.75) is 25.4 Å². The summed E-state index contributed by atoms with van der Waals surface area (Å²) in [6.07, 6.45) is 1.16. The van der Waals surface area contributed by atoms with E-state index in [1.165, 1.54) is 0 Å². The summed E-state index contributed by atoms with van der Waals surface area (Å²) >= 11 is 3.32. The molecule has 1 aliphatic heterocycles. The van der Waals surface area contributed by atoms with Crippen LogP contribution in [0.2, 0.25) is 0 Å². The van der Waals surface area contributed by atoms with E-state index in [-0.39, 0.29) is 5.91 Å². The Bertz CT molecular complexity index is 723. The van der Waals surface area contributed by atoms with Crippen molar-refractivity contribution in [3.05, 3.63) is 58.6 Å². The molecule has 27 heavy (non-hydrogen) atoms. The molecule has 2 aromatic rings. The van der Waals surface area contributed by atoms with E-state index < -0.39 is 5.60 Å². The van der Waals surface area contributed by atoms with E-state index in [0.717, 1.165) is 21.5 Å². The molecule has 0 spiro atoms. The number of likely N-dealkylation sites (tertiary alicyclic amines) is 1. The van der Waals surface area contributed by atoms with Crippen LogP contribution in [0.25, 0.3) is 0 Å². The van der Waals surface area contributed by atoms with Crippen LogP contribution < -0.4 is 9.47 Å². The Kier molecular flexibility index (Phi) is 7.68. The van der Waals surface area contributed by atoms with Crippen LogP contribution in [0.4, 0.5) is 0 Å². The highest BCUT2D eigenvalue weighted by molar-refractivity contribution is 9.10. The molecule has 0 atom stereocenters. The second-order valence-electron chi connectivity index (χ2n) is 6.42. The van der Waals surface area contributed by atoms with Crippen LogP contribution in [0.5, 0.6) is 11.5 Å². The summed E-state index contributed by atoms with van der Waals surface area (Å²) in [6.45, 7) is 2.79. The van der Waals surface area contributed by atoms with Gasteiger partial charge < -0.3 is 19.5 Å². The van der Waals surface area contributed by atoms with Gasteiger partial charge in [0.25, 0.3) is 0 Å². The van der Waals surface area contributed by atoms with Gasteiger partial charge in [0.1, 0.15) is 11.5 Å². The smallest absolute Gasteiger partial charge is 0.219 e. The lowest BCUT2D eigenvalue weighted by atomic mass is 9.84. The van der Waals surface area contributed by atoms with Crippen LogP contribution >= 0.6 is 15.9 Å². The Morgan fingerprint density at radius 3 is 1.81 bits per heavy atom. The van der Waals surface area contributed by atoms with E-state index in [0.29, 0.717) is 25.9 Å². The van der Waals surface area contributed by atoms with Gasteiger partial charge in [-0.3, -0.25) is 4.79 Å². The third-order valence-corrected chi connectivity index (χ3v) is 5.24.